The summed E-state index contributed by atoms with van der Waals surface area (Å²) in [5.74, 6) is -0.0481. The van der Waals surface area contributed by atoms with Crippen LogP contribution < -0.4 is 0 Å². The highest BCUT2D eigenvalue weighted by Gasteiger charge is 2.72. The second-order valence-electron chi connectivity index (χ2n) is 17.5. The van der Waals surface area contributed by atoms with E-state index >= 15 is 0 Å². The van der Waals surface area contributed by atoms with Gasteiger partial charge >= 0.3 is 0 Å². The molecule has 0 aromatic heterocycles. The Morgan fingerprint density at radius 2 is 1.60 bits per heavy atom. The number of allylic oxidation sites excluding steroid dienone is 2. The number of carbonyl (C=O) groups excluding carboxylic acids is 4. The minimum Gasteiger partial charge on any atom is -0.299 e. The van der Waals surface area contributed by atoms with Gasteiger partial charge in [-0.1, -0.05) is 72.7 Å². The fourth-order valence-electron chi connectivity index (χ4n) is 11.9. The lowest BCUT2D eigenvalue weighted by Crippen LogP contribution is -2.69. The van der Waals surface area contributed by atoms with E-state index in [2.05, 4.69) is 40.7 Å². The van der Waals surface area contributed by atoms with Gasteiger partial charge in [0.15, 0.2) is 5.78 Å². The van der Waals surface area contributed by atoms with Gasteiger partial charge in [0, 0.05) is 29.9 Å². The van der Waals surface area contributed by atoms with Crippen LogP contribution in [0.3, 0.4) is 0 Å². The van der Waals surface area contributed by atoms with E-state index in [1.807, 2.05) is 38.1 Å². The van der Waals surface area contributed by atoms with Crippen molar-refractivity contribution >= 4 is 23.9 Å². The zero-order chi connectivity index (χ0) is 32.8. The second-order valence-corrected chi connectivity index (χ2v) is 17.5. The van der Waals surface area contributed by atoms with Crippen LogP contribution in [-0.4, -0.2) is 35.3 Å². The van der Waals surface area contributed by atoms with Gasteiger partial charge in [-0.05, 0) is 102 Å². The van der Waals surface area contributed by atoms with Crippen LogP contribution in [0.4, 0.5) is 0 Å². The van der Waals surface area contributed by atoms with Crippen LogP contribution in [0.15, 0.2) is 42.0 Å². The largest absolute Gasteiger partial charge is 0.299 e. The Morgan fingerprint density at radius 1 is 0.933 bits per heavy atom. The van der Waals surface area contributed by atoms with E-state index in [4.69, 9.17) is 0 Å². The van der Waals surface area contributed by atoms with Crippen molar-refractivity contribution in [1.29, 1.82) is 5.26 Å². The lowest BCUT2D eigenvalue weighted by Gasteiger charge is -2.72. The molecule has 0 bridgehead atoms. The number of imide groups is 1. The van der Waals surface area contributed by atoms with E-state index in [0.29, 0.717) is 30.7 Å². The molecule has 4 fully saturated rings. The van der Waals surface area contributed by atoms with Crippen LogP contribution in [0, 0.1) is 67.5 Å². The normalized spacial score (nSPS) is 41.2. The third-order valence-electron chi connectivity index (χ3n) is 14.5. The molecule has 45 heavy (non-hydrogen) atoms. The molecule has 5 aliphatic carbocycles. The van der Waals surface area contributed by atoms with Crippen molar-refractivity contribution in [3.8, 4) is 6.07 Å². The zero-order valence-electron chi connectivity index (χ0n) is 28.2. The molecule has 0 heterocycles. The Balaban J connectivity index is 1.41. The number of nitriles is 1. The van der Waals surface area contributed by atoms with Crippen molar-refractivity contribution in [2.75, 3.05) is 6.54 Å². The van der Waals surface area contributed by atoms with E-state index in [1.165, 1.54) is 4.90 Å². The van der Waals surface area contributed by atoms with E-state index in [9.17, 15) is 24.4 Å². The van der Waals surface area contributed by atoms with Gasteiger partial charge in [0.1, 0.15) is 11.9 Å². The summed E-state index contributed by atoms with van der Waals surface area (Å²) in [6, 6.07) is 11.2. The summed E-state index contributed by atoms with van der Waals surface area (Å²) in [7, 11) is 0. The van der Waals surface area contributed by atoms with Crippen molar-refractivity contribution in [1.82, 2.24) is 4.90 Å². The van der Waals surface area contributed by atoms with Gasteiger partial charge in [-0.25, -0.2) is 0 Å². The highest BCUT2D eigenvalue weighted by molar-refractivity contribution is 6.04. The monoisotopic (exact) mass is 610 g/mol. The molecule has 8 atom stereocenters. The summed E-state index contributed by atoms with van der Waals surface area (Å²) in [6.07, 6.45) is 9.44. The summed E-state index contributed by atoms with van der Waals surface area (Å²) in [5.41, 5.74) is -1.03. The summed E-state index contributed by atoms with van der Waals surface area (Å²) in [6.45, 7) is 15.9. The first-order chi connectivity index (χ1) is 21.0. The molecule has 1 aromatic carbocycles. The summed E-state index contributed by atoms with van der Waals surface area (Å²) < 4.78 is 0. The molecule has 240 valence electrons. The lowest BCUT2D eigenvalue weighted by molar-refractivity contribution is -0.223. The van der Waals surface area contributed by atoms with Crippen LogP contribution in [0.5, 0.6) is 0 Å². The topological polar surface area (TPSA) is 95.3 Å². The third kappa shape index (κ3) is 4.39. The maximum atomic E-state index is 14.8. The number of nitrogens with zero attached hydrogens (tertiary/aromatic N) is 2. The summed E-state index contributed by atoms with van der Waals surface area (Å²) in [4.78, 5) is 55.7. The highest BCUT2D eigenvalue weighted by atomic mass is 16.2. The van der Waals surface area contributed by atoms with Gasteiger partial charge in [0.05, 0.1) is 5.57 Å². The molecule has 2 amide bonds. The van der Waals surface area contributed by atoms with Gasteiger partial charge in [-0.2, -0.15) is 5.26 Å². The first kappa shape index (κ1) is 31.9. The minimum absolute atomic E-state index is 0.0310. The first-order valence-electron chi connectivity index (χ1n) is 17.0. The SMILES string of the molecule is CC1(C)CC[C@]2(CN(C=O)C(=O)c3ccccc3)CC[C@]3(C)C(C(=O)C[C@@H]4[C@@]5(C)C=C(C#N)C(=O)C(C)(C)[C@@H]5CC[C@]43C)C2C1. The number of ketones is 2. The van der Waals surface area contributed by atoms with Gasteiger partial charge in [-0.3, -0.25) is 24.1 Å². The quantitative estimate of drug-likeness (QED) is 0.328. The fraction of sp³-hybridized carbons (Fsp3) is 0.667. The molecule has 0 aliphatic heterocycles. The standard InChI is InChI=1S/C39H50N2O4/c1-34(2)15-17-39(23-41(24-42)33(45)25-11-9-8-10-12-25)18-16-38(7)31(27(39)21-34)28(43)19-30-36(5)20-26(22-40)32(44)35(3,4)29(36)13-14-37(30,38)6/h8-12,20,24,27,29-31H,13-19,21,23H2,1-7H3/t27?,29-,30+,31?,36-,37+,38+,39+/m0/s1. The number of Topliss-reactive ketones (excluding diaryl/α,β-unsaturated/α-hetero) is 2. The van der Waals surface area contributed by atoms with E-state index < -0.39 is 10.8 Å². The Kier molecular flexibility index (Phi) is 7.24. The molecule has 1 aromatic rings. The van der Waals surface area contributed by atoms with Crippen molar-refractivity contribution in [3.63, 3.8) is 0 Å². The first-order valence-corrected chi connectivity index (χ1v) is 17.0. The molecule has 4 saturated carbocycles. The maximum absolute atomic E-state index is 14.8. The van der Waals surface area contributed by atoms with Crippen molar-refractivity contribution in [2.45, 2.75) is 99.8 Å². The van der Waals surface area contributed by atoms with Crippen molar-refractivity contribution < 1.29 is 19.2 Å². The van der Waals surface area contributed by atoms with Crippen LogP contribution in [0.1, 0.15) is 110 Å². The van der Waals surface area contributed by atoms with Gasteiger partial charge in [0.2, 0.25) is 6.41 Å². The summed E-state index contributed by atoms with van der Waals surface area (Å²) in [5, 5.41) is 10.0. The predicted octanol–water partition coefficient (Wildman–Crippen LogP) is 7.58. The third-order valence-corrected chi connectivity index (χ3v) is 14.5. The second kappa shape index (κ2) is 10.2. The molecule has 2 unspecified atom stereocenters. The Morgan fingerprint density at radius 3 is 2.24 bits per heavy atom. The molecule has 6 rings (SSSR count). The van der Waals surface area contributed by atoms with Crippen molar-refractivity contribution in [3.05, 3.63) is 47.5 Å². The van der Waals surface area contributed by atoms with Gasteiger partial charge in [0.25, 0.3) is 5.91 Å². The molecular weight excluding hydrogens is 560 g/mol. The molecule has 6 heteroatoms. The Hall–Kier alpha value is -3.07. The number of fused-ring (bicyclic) bond motifs is 7. The number of hydrogen-bond donors (Lipinski definition) is 0. The van der Waals surface area contributed by atoms with Crippen molar-refractivity contribution in [2.24, 2.45) is 56.2 Å². The molecule has 5 aliphatic rings. The summed E-state index contributed by atoms with van der Waals surface area (Å²) >= 11 is 0. The lowest BCUT2D eigenvalue weighted by atomic mass is 9.31. The van der Waals surface area contributed by atoms with Gasteiger partial charge in [-0.15, -0.1) is 0 Å². The average Bonchev–Trinajstić information content (AvgIpc) is 2.99. The number of rotatable bonds is 4. The van der Waals surface area contributed by atoms with Crippen LogP contribution in [-0.2, 0) is 14.4 Å². The molecule has 6 nitrogen and oxygen atoms in total. The molecule has 0 spiro atoms. The zero-order valence-corrected chi connectivity index (χ0v) is 28.2. The number of hydrogen-bond acceptors (Lipinski definition) is 5. The molecular formula is C39H50N2O4. The number of benzene rings is 1. The van der Waals surface area contributed by atoms with Crippen LogP contribution >= 0.6 is 0 Å². The van der Waals surface area contributed by atoms with E-state index in [1.54, 1.807) is 12.1 Å². The number of carbonyl (C=O) groups is 4. The minimum atomic E-state index is -0.657. The maximum Gasteiger partial charge on any atom is 0.260 e. The molecule has 0 N–H and O–H groups in total. The van der Waals surface area contributed by atoms with Gasteiger partial charge < -0.3 is 0 Å². The fourth-order valence-corrected chi connectivity index (χ4v) is 11.9. The average molecular weight is 611 g/mol. The van der Waals surface area contributed by atoms with E-state index in [-0.39, 0.29) is 62.6 Å². The predicted molar refractivity (Wildman–Crippen MR) is 172 cm³/mol. The highest BCUT2D eigenvalue weighted by Crippen LogP contribution is 2.75. The van der Waals surface area contributed by atoms with E-state index in [0.717, 1.165) is 44.9 Å². The number of amides is 2. The smallest absolute Gasteiger partial charge is 0.260 e. The van der Waals surface area contributed by atoms with Crippen LogP contribution in [0.2, 0.25) is 0 Å². The molecule has 0 radical (unpaired) electrons. The van der Waals surface area contributed by atoms with Crippen LogP contribution in [0.25, 0.3) is 0 Å². The molecule has 0 saturated heterocycles. The Labute approximate surface area is 269 Å². The Bertz CT molecular complexity index is 1520.